The number of amides is 1. The van der Waals surface area contributed by atoms with Crippen molar-refractivity contribution >= 4 is 17.2 Å². The van der Waals surface area contributed by atoms with Crippen molar-refractivity contribution in [2.45, 2.75) is 25.7 Å². The number of hydrogen-bond donors (Lipinski definition) is 1. The Hall–Kier alpha value is -2.12. The van der Waals surface area contributed by atoms with E-state index in [1.807, 2.05) is 23.6 Å². The van der Waals surface area contributed by atoms with Crippen LogP contribution >= 0.6 is 11.3 Å². The number of hydrogen-bond acceptors (Lipinski definition) is 6. The molecule has 1 saturated heterocycles. The summed E-state index contributed by atoms with van der Waals surface area (Å²) < 4.78 is 10.6. The fraction of sp³-hybridized carbons (Fsp3) is 0.500. The number of nitrogens with one attached hydrogen (secondary N) is 1. The average molecular weight is 390 g/mol. The molecule has 0 bridgehead atoms. The van der Waals surface area contributed by atoms with Crippen LogP contribution in [0.3, 0.4) is 0 Å². The second-order valence-corrected chi connectivity index (χ2v) is 7.50. The summed E-state index contributed by atoms with van der Waals surface area (Å²) in [4.78, 5) is 19.2. The van der Waals surface area contributed by atoms with Gasteiger partial charge in [-0.3, -0.25) is 4.79 Å². The smallest absolute Gasteiger partial charge is 0.226 e. The van der Waals surface area contributed by atoms with Gasteiger partial charge < -0.3 is 19.7 Å². The number of methoxy groups -OCH3 is 2. The van der Waals surface area contributed by atoms with Gasteiger partial charge in [-0.05, 0) is 44.1 Å². The minimum absolute atomic E-state index is 0.0242. The first-order valence-corrected chi connectivity index (χ1v) is 10.2. The molecule has 0 unspecified atom stereocenters. The molecular formula is C20H27N3O3S. The molecule has 0 radical (unpaired) electrons. The third-order valence-electron chi connectivity index (χ3n) is 4.72. The molecule has 1 aliphatic rings. The second-order valence-electron chi connectivity index (χ2n) is 6.64. The first-order chi connectivity index (χ1) is 13.2. The largest absolute Gasteiger partial charge is 0.493 e. The summed E-state index contributed by atoms with van der Waals surface area (Å²) in [7, 11) is 3.23. The molecule has 27 heavy (non-hydrogen) atoms. The van der Waals surface area contributed by atoms with Crippen molar-refractivity contribution in [2.24, 2.45) is 0 Å². The summed E-state index contributed by atoms with van der Waals surface area (Å²) in [5.74, 6) is 1.38. The Morgan fingerprint density at radius 2 is 1.96 bits per heavy atom. The molecule has 2 heterocycles. The number of likely N-dealkylation sites (tertiary alicyclic amines) is 1. The van der Waals surface area contributed by atoms with Crippen LogP contribution in [0.4, 0.5) is 0 Å². The van der Waals surface area contributed by atoms with Gasteiger partial charge in [0.05, 0.1) is 26.3 Å². The van der Waals surface area contributed by atoms with Crippen molar-refractivity contribution in [1.82, 2.24) is 15.2 Å². The van der Waals surface area contributed by atoms with Gasteiger partial charge in [0, 0.05) is 24.0 Å². The molecule has 2 aromatic rings. The highest BCUT2D eigenvalue weighted by atomic mass is 32.1. The number of piperidine rings is 1. The molecule has 0 saturated carbocycles. The van der Waals surface area contributed by atoms with Crippen molar-refractivity contribution in [2.75, 3.05) is 40.4 Å². The first kappa shape index (κ1) is 19.6. The summed E-state index contributed by atoms with van der Waals surface area (Å²) in [5.41, 5.74) is 1.75. The van der Waals surface area contributed by atoms with Crippen molar-refractivity contribution < 1.29 is 14.3 Å². The molecule has 146 valence electrons. The molecule has 0 atom stereocenters. The highest BCUT2D eigenvalue weighted by Crippen LogP contribution is 2.33. The fourth-order valence-corrected chi connectivity index (χ4v) is 4.07. The van der Waals surface area contributed by atoms with Gasteiger partial charge in [-0.2, -0.15) is 0 Å². The van der Waals surface area contributed by atoms with Crippen LogP contribution in [0.25, 0.3) is 10.6 Å². The lowest BCUT2D eigenvalue weighted by molar-refractivity contribution is -0.120. The minimum atomic E-state index is 0.0242. The van der Waals surface area contributed by atoms with E-state index in [4.69, 9.17) is 9.47 Å². The summed E-state index contributed by atoms with van der Waals surface area (Å²) in [6.45, 7) is 3.93. The van der Waals surface area contributed by atoms with Crippen LogP contribution in [0.5, 0.6) is 11.5 Å². The first-order valence-electron chi connectivity index (χ1n) is 9.35. The standard InChI is InChI=1S/C20H27N3O3S/c1-25-17-7-6-15(12-18(17)26-2)20-22-16(14-27-20)13-19(24)21-8-11-23-9-4-3-5-10-23/h6-7,12,14H,3-5,8-11,13H2,1-2H3,(H,21,24). The van der Waals surface area contributed by atoms with Gasteiger partial charge in [0.25, 0.3) is 0 Å². The van der Waals surface area contributed by atoms with E-state index in [0.717, 1.165) is 35.9 Å². The van der Waals surface area contributed by atoms with Gasteiger partial charge in [-0.15, -0.1) is 11.3 Å². The van der Waals surface area contributed by atoms with E-state index in [0.29, 0.717) is 24.5 Å². The molecule has 1 aromatic heterocycles. The number of rotatable bonds is 8. The Bertz CT molecular complexity index is 757. The number of benzene rings is 1. The number of aromatic nitrogens is 1. The summed E-state index contributed by atoms with van der Waals surface area (Å²) in [6, 6.07) is 5.71. The lowest BCUT2D eigenvalue weighted by Gasteiger charge is -2.26. The van der Waals surface area contributed by atoms with Crippen molar-refractivity contribution in [3.05, 3.63) is 29.3 Å². The molecule has 1 amide bonds. The predicted molar refractivity (Wildman–Crippen MR) is 108 cm³/mol. The second kappa shape index (κ2) is 9.71. The molecule has 0 aliphatic carbocycles. The van der Waals surface area contributed by atoms with Crippen LogP contribution in [0.2, 0.25) is 0 Å². The molecular weight excluding hydrogens is 362 g/mol. The molecule has 1 aromatic carbocycles. The van der Waals surface area contributed by atoms with Crippen LogP contribution in [-0.4, -0.2) is 56.2 Å². The zero-order valence-electron chi connectivity index (χ0n) is 16.0. The van der Waals surface area contributed by atoms with Gasteiger partial charge in [-0.25, -0.2) is 4.98 Å². The van der Waals surface area contributed by atoms with Gasteiger partial charge >= 0.3 is 0 Å². The van der Waals surface area contributed by atoms with E-state index < -0.39 is 0 Å². The van der Waals surface area contributed by atoms with Gasteiger partial charge in [0.2, 0.25) is 5.91 Å². The van der Waals surface area contributed by atoms with Crippen LogP contribution in [-0.2, 0) is 11.2 Å². The molecule has 1 aliphatic heterocycles. The van der Waals surface area contributed by atoms with Crippen molar-refractivity contribution in [3.8, 4) is 22.1 Å². The normalized spacial score (nSPS) is 14.7. The third-order valence-corrected chi connectivity index (χ3v) is 5.66. The number of nitrogens with zero attached hydrogens (tertiary/aromatic N) is 2. The topological polar surface area (TPSA) is 63.7 Å². The molecule has 7 heteroatoms. The van der Waals surface area contributed by atoms with E-state index in [9.17, 15) is 4.79 Å². The fourth-order valence-electron chi connectivity index (χ4n) is 3.25. The third kappa shape index (κ3) is 5.43. The van der Waals surface area contributed by atoms with E-state index in [-0.39, 0.29) is 5.91 Å². The highest BCUT2D eigenvalue weighted by Gasteiger charge is 2.13. The number of carbonyl (C=O) groups is 1. The van der Waals surface area contributed by atoms with Crippen molar-refractivity contribution in [1.29, 1.82) is 0 Å². The molecule has 6 nitrogen and oxygen atoms in total. The summed E-state index contributed by atoms with van der Waals surface area (Å²) in [5, 5.41) is 5.82. The van der Waals surface area contributed by atoms with E-state index in [1.54, 1.807) is 14.2 Å². The minimum Gasteiger partial charge on any atom is -0.493 e. The number of thiazole rings is 1. The zero-order valence-corrected chi connectivity index (χ0v) is 16.8. The lowest BCUT2D eigenvalue weighted by atomic mass is 10.1. The summed E-state index contributed by atoms with van der Waals surface area (Å²) >= 11 is 1.53. The Kier molecular flexibility index (Phi) is 7.06. The molecule has 0 spiro atoms. The Morgan fingerprint density at radius 3 is 2.70 bits per heavy atom. The Balaban J connectivity index is 1.52. The maximum Gasteiger partial charge on any atom is 0.226 e. The van der Waals surface area contributed by atoms with Crippen molar-refractivity contribution in [3.63, 3.8) is 0 Å². The van der Waals surface area contributed by atoms with Gasteiger partial charge in [0.15, 0.2) is 11.5 Å². The maximum atomic E-state index is 12.2. The van der Waals surface area contributed by atoms with E-state index in [1.165, 1.54) is 30.6 Å². The number of carbonyl (C=O) groups excluding carboxylic acids is 1. The van der Waals surface area contributed by atoms with Crippen LogP contribution in [0.1, 0.15) is 25.0 Å². The highest BCUT2D eigenvalue weighted by molar-refractivity contribution is 7.13. The predicted octanol–water partition coefficient (Wildman–Crippen LogP) is 2.97. The van der Waals surface area contributed by atoms with Crippen LogP contribution < -0.4 is 14.8 Å². The van der Waals surface area contributed by atoms with Crippen LogP contribution in [0, 0.1) is 0 Å². The maximum absolute atomic E-state index is 12.2. The Morgan fingerprint density at radius 1 is 1.19 bits per heavy atom. The van der Waals surface area contributed by atoms with E-state index in [2.05, 4.69) is 15.2 Å². The zero-order chi connectivity index (χ0) is 19.1. The SMILES string of the molecule is COc1ccc(-c2nc(CC(=O)NCCN3CCCCC3)cs2)cc1OC. The Labute approximate surface area is 164 Å². The van der Waals surface area contributed by atoms with Gasteiger partial charge in [0.1, 0.15) is 5.01 Å². The lowest BCUT2D eigenvalue weighted by Crippen LogP contribution is -2.38. The molecule has 3 rings (SSSR count). The monoisotopic (exact) mass is 389 g/mol. The molecule has 1 fully saturated rings. The molecule has 1 N–H and O–H groups in total. The van der Waals surface area contributed by atoms with Crippen LogP contribution in [0.15, 0.2) is 23.6 Å². The average Bonchev–Trinajstić information content (AvgIpc) is 3.16. The van der Waals surface area contributed by atoms with E-state index >= 15 is 0 Å². The van der Waals surface area contributed by atoms with Gasteiger partial charge in [-0.1, -0.05) is 6.42 Å². The quantitative estimate of drug-likeness (QED) is 0.752. The number of ether oxygens (including phenoxy) is 2. The summed E-state index contributed by atoms with van der Waals surface area (Å²) in [6.07, 6.45) is 4.18.